The first-order chi connectivity index (χ1) is 8.81. The van der Waals surface area contributed by atoms with Crippen molar-refractivity contribution < 1.29 is 19.5 Å². The third-order valence-electron chi connectivity index (χ3n) is 2.33. The molecule has 1 aromatic carbocycles. The first kappa shape index (κ1) is 14.3. The van der Waals surface area contributed by atoms with Crippen molar-refractivity contribution >= 4 is 29.3 Å². The third-order valence-corrected chi connectivity index (χ3v) is 2.33. The standard InChI is InChI=1S/C11H14N4O4/c1-15(5-9(16)14-11(13)19)8-3-2-6(10(17)18)4-7(8)12/h2-4H,5,12H2,1H3,(H,17,18)(H3,13,14,16,19). The SMILES string of the molecule is CN(CC(=O)NC(N)=O)c1ccc(C(=O)O)cc1N. The number of nitrogens with zero attached hydrogens (tertiary/aromatic N) is 1. The molecule has 0 aliphatic rings. The first-order valence-corrected chi connectivity index (χ1v) is 5.24. The highest BCUT2D eigenvalue weighted by Crippen LogP contribution is 2.23. The van der Waals surface area contributed by atoms with Crippen LogP contribution in [0.3, 0.4) is 0 Å². The summed E-state index contributed by atoms with van der Waals surface area (Å²) in [6.45, 7) is -0.139. The summed E-state index contributed by atoms with van der Waals surface area (Å²) >= 11 is 0. The molecule has 6 N–H and O–H groups in total. The van der Waals surface area contributed by atoms with E-state index in [1.807, 2.05) is 5.32 Å². The molecule has 1 rings (SSSR count). The molecule has 0 heterocycles. The van der Waals surface area contributed by atoms with Crippen molar-refractivity contribution in [3.63, 3.8) is 0 Å². The molecule has 3 amide bonds. The van der Waals surface area contributed by atoms with Crippen LogP contribution in [0, 0.1) is 0 Å². The summed E-state index contributed by atoms with van der Waals surface area (Å²) < 4.78 is 0. The van der Waals surface area contributed by atoms with Crippen molar-refractivity contribution in [3.8, 4) is 0 Å². The number of carboxylic acid groups (broad SMARTS) is 1. The summed E-state index contributed by atoms with van der Waals surface area (Å²) in [7, 11) is 1.58. The van der Waals surface area contributed by atoms with Crippen molar-refractivity contribution in [2.45, 2.75) is 0 Å². The number of hydrogen-bond donors (Lipinski definition) is 4. The number of nitrogens with one attached hydrogen (secondary N) is 1. The number of likely N-dealkylation sites (N-methyl/N-ethyl adjacent to an activating group) is 1. The van der Waals surface area contributed by atoms with Crippen LogP contribution in [0.15, 0.2) is 18.2 Å². The van der Waals surface area contributed by atoms with Gasteiger partial charge in [0.25, 0.3) is 0 Å². The lowest BCUT2D eigenvalue weighted by Gasteiger charge is -2.20. The fraction of sp³-hybridized carbons (Fsp3) is 0.182. The molecule has 0 bridgehead atoms. The number of carbonyl (C=O) groups excluding carboxylic acids is 2. The van der Waals surface area contributed by atoms with Gasteiger partial charge < -0.3 is 21.5 Å². The predicted molar refractivity (Wildman–Crippen MR) is 68.8 cm³/mol. The van der Waals surface area contributed by atoms with Gasteiger partial charge in [-0.1, -0.05) is 0 Å². The summed E-state index contributed by atoms with van der Waals surface area (Å²) in [4.78, 5) is 34.1. The van der Waals surface area contributed by atoms with Crippen LogP contribution in [0.4, 0.5) is 16.2 Å². The minimum absolute atomic E-state index is 0.0521. The van der Waals surface area contributed by atoms with Gasteiger partial charge in [0.15, 0.2) is 0 Å². The molecule has 0 saturated carbocycles. The molecule has 0 fully saturated rings. The molecule has 0 aliphatic carbocycles. The van der Waals surface area contributed by atoms with Gasteiger partial charge in [-0.2, -0.15) is 0 Å². The Balaban J connectivity index is 2.82. The fourth-order valence-electron chi connectivity index (χ4n) is 1.51. The van der Waals surface area contributed by atoms with E-state index in [1.54, 1.807) is 7.05 Å². The lowest BCUT2D eigenvalue weighted by atomic mass is 10.1. The monoisotopic (exact) mass is 266 g/mol. The minimum atomic E-state index is -1.09. The molecule has 0 atom stereocenters. The zero-order chi connectivity index (χ0) is 14.6. The van der Waals surface area contributed by atoms with Crippen LogP contribution in [0.1, 0.15) is 10.4 Å². The van der Waals surface area contributed by atoms with Gasteiger partial charge in [-0.05, 0) is 18.2 Å². The van der Waals surface area contributed by atoms with Crippen molar-refractivity contribution in [3.05, 3.63) is 23.8 Å². The van der Waals surface area contributed by atoms with Crippen molar-refractivity contribution in [1.82, 2.24) is 5.32 Å². The van der Waals surface area contributed by atoms with Gasteiger partial charge in [0.2, 0.25) is 5.91 Å². The highest BCUT2D eigenvalue weighted by Gasteiger charge is 2.13. The number of primary amides is 1. The molecule has 8 heteroatoms. The van der Waals surface area contributed by atoms with Crippen LogP contribution in [-0.2, 0) is 4.79 Å². The maximum absolute atomic E-state index is 11.3. The van der Waals surface area contributed by atoms with E-state index in [4.69, 9.17) is 16.6 Å². The minimum Gasteiger partial charge on any atom is -0.478 e. The van der Waals surface area contributed by atoms with Gasteiger partial charge in [0, 0.05) is 7.05 Å². The number of nitrogen functional groups attached to an aromatic ring is 1. The van der Waals surface area contributed by atoms with Crippen LogP contribution >= 0.6 is 0 Å². The number of carbonyl (C=O) groups is 3. The number of rotatable bonds is 4. The number of imide groups is 1. The van der Waals surface area contributed by atoms with E-state index >= 15 is 0 Å². The molecule has 8 nitrogen and oxygen atoms in total. The topological polar surface area (TPSA) is 139 Å². The Bertz CT molecular complexity index is 529. The van der Waals surface area contributed by atoms with Gasteiger partial charge in [-0.25, -0.2) is 9.59 Å². The van der Waals surface area contributed by atoms with Gasteiger partial charge in [0.05, 0.1) is 23.5 Å². The van der Waals surface area contributed by atoms with Crippen molar-refractivity contribution in [2.24, 2.45) is 5.73 Å². The molecular formula is C11H14N4O4. The van der Waals surface area contributed by atoms with Crippen molar-refractivity contribution in [2.75, 3.05) is 24.2 Å². The maximum atomic E-state index is 11.3. The van der Waals surface area contributed by atoms with E-state index in [0.717, 1.165) is 0 Å². The third kappa shape index (κ3) is 3.87. The Morgan fingerprint density at radius 1 is 1.37 bits per heavy atom. The summed E-state index contributed by atoms with van der Waals surface area (Å²) in [6, 6.07) is 3.21. The Hall–Kier alpha value is -2.77. The average molecular weight is 266 g/mol. The molecular weight excluding hydrogens is 252 g/mol. The summed E-state index contributed by atoms with van der Waals surface area (Å²) in [6.07, 6.45) is 0. The highest BCUT2D eigenvalue weighted by molar-refractivity contribution is 5.96. The van der Waals surface area contributed by atoms with Crippen LogP contribution in [0.5, 0.6) is 0 Å². The maximum Gasteiger partial charge on any atom is 0.335 e. The second-order valence-electron chi connectivity index (χ2n) is 3.85. The number of aromatic carboxylic acids is 1. The molecule has 19 heavy (non-hydrogen) atoms. The molecule has 0 saturated heterocycles. The molecule has 0 aromatic heterocycles. The smallest absolute Gasteiger partial charge is 0.335 e. The number of benzene rings is 1. The zero-order valence-corrected chi connectivity index (χ0v) is 10.2. The molecule has 102 valence electrons. The van der Waals surface area contributed by atoms with Gasteiger partial charge in [-0.15, -0.1) is 0 Å². The fourth-order valence-corrected chi connectivity index (χ4v) is 1.51. The molecule has 1 aromatic rings. The van der Waals surface area contributed by atoms with Crippen LogP contribution < -0.4 is 21.7 Å². The highest BCUT2D eigenvalue weighted by atomic mass is 16.4. The largest absolute Gasteiger partial charge is 0.478 e. The van der Waals surface area contributed by atoms with E-state index < -0.39 is 17.9 Å². The number of amides is 3. The molecule has 0 radical (unpaired) electrons. The predicted octanol–water partition coefficient (Wildman–Crippen LogP) is -0.402. The van der Waals surface area contributed by atoms with Crippen LogP contribution in [0.2, 0.25) is 0 Å². The summed E-state index contributed by atoms with van der Waals surface area (Å²) in [5.41, 5.74) is 11.3. The lowest BCUT2D eigenvalue weighted by molar-refractivity contribution is -0.118. The Morgan fingerprint density at radius 3 is 2.47 bits per heavy atom. The van der Waals surface area contributed by atoms with Crippen LogP contribution in [-0.4, -0.2) is 36.6 Å². The number of carboxylic acids is 1. The Labute approximate surface area is 109 Å². The lowest BCUT2D eigenvalue weighted by Crippen LogP contribution is -2.41. The first-order valence-electron chi connectivity index (χ1n) is 5.24. The molecule has 0 spiro atoms. The second kappa shape index (κ2) is 5.71. The van der Waals surface area contributed by atoms with E-state index in [1.165, 1.54) is 23.1 Å². The summed E-state index contributed by atoms with van der Waals surface area (Å²) in [5.74, 6) is -1.68. The van der Waals surface area contributed by atoms with E-state index in [0.29, 0.717) is 5.69 Å². The van der Waals surface area contributed by atoms with Gasteiger partial charge in [-0.3, -0.25) is 10.1 Å². The number of nitrogens with two attached hydrogens (primary N) is 2. The number of anilines is 2. The van der Waals surface area contributed by atoms with Gasteiger partial charge >= 0.3 is 12.0 Å². The quantitative estimate of drug-likeness (QED) is 0.547. The second-order valence-corrected chi connectivity index (χ2v) is 3.85. The van der Waals surface area contributed by atoms with Crippen molar-refractivity contribution in [1.29, 1.82) is 0 Å². The Kier molecular flexibility index (Phi) is 4.30. The number of hydrogen-bond acceptors (Lipinski definition) is 5. The molecule has 0 unspecified atom stereocenters. The summed E-state index contributed by atoms with van der Waals surface area (Å²) in [5, 5.41) is 10.7. The average Bonchev–Trinajstić information content (AvgIpc) is 2.26. The van der Waals surface area contributed by atoms with E-state index in [-0.39, 0.29) is 17.8 Å². The van der Waals surface area contributed by atoms with Gasteiger partial charge in [0.1, 0.15) is 0 Å². The van der Waals surface area contributed by atoms with E-state index in [2.05, 4.69) is 0 Å². The van der Waals surface area contributed by atoms with E-state index in [9.17, 15) is 14.4 Å². The van der Waals surface area contributed by atoms with Crippen LogP contribution in [0.25, 0.3) is 0 Å². The zero-order valence-electron chi connectivity index (χ0n) is 10.2. The normalized spacial score (nSPS) is 9.74. The Morgan fingerprint density at radius 2 is 2.00 bits per heavy atom. The number of urea groups is 1. The molecule has 0 aliphatic heterocycles.